The largest absolute Gasteiger partial charge is 0.328 e. The van der Waals surface area contributed by atoms with Gasteiger partial charge in [-0.15, -0.1) is 10.1 Å². The minimum absolute atomic E-state index is 0.178. The highest BCUT2D eigenvalue weighted by molar-refractivity contribution is 5.43. The topological polar surface area (TPSA) is 150 Å². The van der Waals surface area contributed by atoms with Crippen molar-refractivity contribution in [1.29, 1.82) is 0 Å². The van der Waals surface area contributed by atoms with Crippen LogP contribution in [0.4, 0.5) is 20.2 Å². The van der Waals surface area contributed by atoms with Crippen molar-refractivity contribution in [3.05, 3.63) is 90.5 Å². The molecule has 0 radical (unpaired) electrons. The van der Waals surface area contributed by atoms with Crippen LogP contribution in [0.15, 0.2) is 48.5 Å². The Balaban J connectivity index is 0.000000401. The van der Waals surface area contributed by atoms with Gasteiger partial charge in [0.05, 0.1) is 15.9 Å². The predicted octanol–water partition coefficient (Wildman–Crippen LogP) is 3.12. The highest BCUT2D eigenvalue weighted by Gasteiger charge is 2.18. The molecule has 24 heavy (non-hydrogen) atoms. The maximum absolute atomic E-state index is 12.6. The van der Waals surface area contributed by atoms with Crippen molar-refractivity contribution in [3.63, 3.8) is 0 Å². The Labute approximate surface area is 132 Å². The molecule has 0 atom stereocenters. The standard InChI is InChI=1S/C6H3FN2O4.C6H5F.HNO3/c7-5-2-1-4(8(10)11)3-6(5)9(12)13;7-6-4-2-1-3-5-6;2-1(3)4/h1-3H;1-5H;(H,2,3,4). The van der Waals surface area contributed by atoms with Gasteiger partial charge in [0, 0.05) is 6.07 Å². The van der Waals surface area contributed by atoms with Gasteiger partial charge in [0.25, 0.3) is 10.8 Å². The maximum Gasteiger partial charge on any atom is 0.311 e. The lowest BCUT2D eigenvalue weighted by atomic mass is 10.3. The van der Waals surface area contributed by atoms with Crippen LogP contribution < -0.4 is 0 Å². The first-order valence-electron chi connectivity index (χ1n) is 5.77. The van der Waals surface area contributed by atoms with Crippen molar-refractivity contribution < 1.29 is 28.9 Å². The summed E-state index contributed by atoms with van der Waals surface area (Å²) in [6.07, 6.45) is 0. The third kappa shape index (κ3) is 8.56. The normalized spacial score (nSPS) is 8.75. The molecule has 1 N–H and O–H groups in total. The van der Waals surface area contributed by atoms with Gasteiger partial charge in [-0.25, -0.2) is 4.39 Å². The van der Waals surface area contributed by atoms with Crippen LogP contribution in [0.5, 0.6) is 0 Å². The summed E-state index contributed by atoms with van der Waals surface area (Å²) in [5.41, 5.74) is -1.40. The molecule has 0 fully saturated rings. The number of non-ortho nitro benzene ring substituents is 1. The molecule has 128 valence electrons. The molecule has 2 rings (SSSR count). The van der Waals surface area contributed by atoms with Crippen molar-refractivity contribution in [2.45, 2.75) is 0 Å². The molecular formula is C12H9F2N3O7. The molecule has 0 bridgehead atoms. The molecule has 0 spiro atoms. The summed E-state index contributed by atoms with van der Waals surface area (Å²) in [4.78, 5) is 26.8. The van der Waals surface area contributed by atoms with Crippen LogP contribution in [-0.2, 0) is 0 Å². The number of nitro groups is 2. The highest BCUT2D eigenvalue weighted by Crippen LogP contribution is 2.22. The summed E-state index contributed by atoms with van der Waals surface area (Å²) in [5, 5.41) is 33.9. The van der Waals surface area contributed by atoms with E-state index in [1.807, 2.05) is 0 Å². The third-order valence-electron chi connectivity index (χ3n) is 2.07. The molecule has 0 amide bonds. The average molecular weight is 345 g/mol. The maximum atomic E-state index is 12.6. The molecule has 2 aromatic rings. The molecule has 2 aromatic carbocycles. The lowest BCUT2D eigenvalue weighted by molar-refractivity contribution is -0.742. The van der Waals surface area contributed by atoms with Gasteiger partial charge in [-0.05, 0) is 18.2 Å². The molecule has 0 heterocycles. The van der Waals surface area contributed by atoms with Crippen molar-refractivity contribution >= 4 is 11.4 Å². The Bertz CT molecular complexity index is 709. The van der Waals surface area contributed by atoms with E-state index in [2.05, 4.69) is 0 Å². The summed E-state index contributed by atoms with van der Waals surface area (Å²) in [6.45, 7) is 0. The second-order valence-corrected chi connectivity index (χ2v) is 3.68. The molecule has 0 saturated carbocycles. The highest BCUT2D eigenvalue weighted by atomic mass is 19.1. The zero-order chi connectivity index (χ0) is 18.7. The lowest BCUT2D eigenvalue weighted by Gasteiger charge is -1.93. The Kier molecular flexibility index (Phi) is 8.54. The average Bonchev–Trinajstić information content (AvgIpc) is 2.48. The predicted molar refractivity (Wildman–Crippen MR) is 74.9 cm³/mol. The van der Waals surface area contributed by atoms with E-state index in [1.54, 1.807) is 18.2 Å². The molecule has 10 nitrogen and oxygen atoms in total. The fraction of sp³-hybridized carbons (Fsp3) is 0. The Morgan fingerprint density at radius 2 is 1.33 bits per heavy atom. The van der Waals surface area contributed by atoms with E-state index in [-0.39, 0.29) is 5.82 Å². The number of rotatable bonds is 2. The smallest absolute Gasteiger partial charge is 0.311 e. The minimum atomic E-state index is -1.50. The second kappa shape index (κ2) is 10.1. The third-order valence-corrected chi connectivity index (χ3v) is 2.07. The minimum Gasteiger partial charge on any atom is -0.328 e. The van der Waals surface area contributed by atoms with Gasteiger partial charge in [0.2, 0.25) is 5.82 Å². The number of nitrogens with zero attached hydrogens (tertiary/aromatic N) is 3. The zero-order valence-electron chi connectivity index (χ0n) is 11.6. The second-order valence-electron chi connectivity index (χ2n) is 3.68. The van der Waals surface area contributed by atoms with E-state index in [0.29, 0.717) is 12.1 Å². The van der Waals surface area contributed by atoms with Crippen LogP contribution in [0.2, 0.25) is 0 Å². The number of nitro benzene ring substituents is 2. The van der Waals surface area contributed by atoms with Crippen LogP contribution in [0, 0.1) is 42.0 Å². The quantitative estimate of drug-likeness (QED) is 0.648. The fourth-order valence-electron chi connectivity index (χ4n) is 1.17. The van der Waals surface area contributed by atoms with Crippen LogP contribution in [0.25, 0.3) is 0 Å². The van der Waals surface area contributed by atoms with Crippen LogP contribution >= 0.6 is 0 Å². The molecule has 0 saturated heterocycles. The van der Waals surface area contributed by atoms with Gasteiger partial charge in [-0.2, -0.15) is 4.39 Å². The van der Waals surface area contributed by atoms with Gasteiger partial charge in [-0.3, -0.25) is 20.2 Å². The zero-order valence-corrected chi connectivity index (χ0v) is 11.6. The summed E-state index contributed by atoms with van der Waals surface area (Å²) in [7, 11) is 0. The number of benzene rings is 2. The Morgan fingerprint density at radius 3 is 1.67 bits per heavy atom. The first-order chi connectivity index (χ1) is 11.1. The first kappa shape index (κ1) is 20.3. The molecule has 0 unspecified atom stereocenters. The number of halogens is 2. The van der Waals surface area contributed by atoms with E-state index in [4.69, 9.17) is 15.3 Å². The van der Waals surface area contributed by atoms with E-state index in [0.717, 1.165) is 6.07 Å². The fourth-order valence-corrected chi connectivity index (χ4v) is 1.17. The van der Waals surface area contributed by atoms with Gasteiger partial charge in [-0.1, -0.05) is 18.2 Å². The van der Waals surface area contributed by atoms with Gasteiger partial charge in [0.15, 0.2) is 0 Å². The van der Waals surface area contributed by atoms with Crippen molar-refractivity contribution in [2.75, 3.05) is 0 Å². The molecular weight excluding hydrogens is 336 g/mol. The summed E-state index contributed by atoms with van der Waals surface area (Å²) < 4.78 is 24.5. The summed E-state index contributed by atoms with van der Waals surface area (Å²) >= 11 is 0. The lowest BCUT2D eigenvalue weighted by Crippen LogP contribution is -1.95. The molecule has 0 aliphatic carbocycles. The monoisotopic (exact) mass is 345 g/mol. The van der Waals surface area contributed by atoms with Gasteiger partial charge < -0.3 is 5.21 Å². The SMILES string of the molecule is Fc1ccccc1.O=[N+]([O-])O.O=[N+]([O-])c1ccc(F)c([N+](=O)[O-])c1. The van der Waals surface area contributed by atoms with E-state index in [1.165, 1.54) is 12.1 Å². The summed E-state index contributed by atoms with van der Waals surface area (Å²) in [6, 6.07) is 10.1. The first-order valence-corrected chi connectivity index (χ1v) is 5.77. The van der Waals surface area contributed by atoms with E-state index in [9.17, 15) is 29.0 Å². The molecule has 0 aromatic heterocycles. The van der Waals surface area contributed by atoms with Crippen LogP contribution in [-0.4, -0.2) is 20.1 Å². The van der Waals surface area contributed by atoms with E-state index >= 15 is 0 Å². The molecule has 0 aliphatic rings. The van der Waals surface area contributed by atoms with Gasteiger partial charge >= 0.3 is 5.69 Å². The number of hydrogen-bond donors (Lipinski definition) is 1. The number of hydrogen-bond acceptors (Lipinski definition) is 6. The van der Waals surface area contributed by atoms with E-state index < -0.39 is 32.1 Å². The van der Waals surface area contributed by atoms with Crippen molar-refractivity contribution in [3.8, 4) is 0 Å². The van der Waals surface area contributed by atoms with Gasteiger partial charge in [0.1, 0.15) is 5.82 Å². The van der Waals surface area contributed by atoms with Crippen LogP contribution in [0.1, 0.15) is 0 Å². The molecule has 12 heteroatoms. The van der Waals surface area contributed by atoms with Crippen molar-refractivity contribution in [2.24, 2.45) is 0 Å². The summed E-state index contributed by atoms with van der Waals surface area (Å²) in [5.74, 6) is -1.27. The van der Waals surface area contributed by atoms with Crippen LogP contribution in [0.3, 0.4) is 0 Å². The Hall–Kier alpha value is -3.70. The Morgan fingerprint density at radius 1 is 0.833 bits per heavy atom. The molecule has 0 aliphatic heterocycles. The van der Waals surface area contributed by atoms with Crippen molar-refractivity contribution in [1.82, 2.24) is 0 Å².